The number of nitrogens with one attached hydrogen (secondary N) is 2. The molecule has 2 N–H and O–H groups in total. The number of benzene rings is 2. The van der Waals surface area contributed by atoms with E-state index in [1.165, 1.54) is 19.2 Å². The number of esters is 1. The Bertz CT molecular complexity index is 737. The van der Waals surface area contributed by atoms with E-state index in [0.717, 1.165) is 6.07 Å². The summed E-state index contributed by atoms with van der Waals surface area (Å²) in [6.07, 6.45) is 0. The van der Waals surface area contributed by atoms with E-state index in [1.54, 1.807) is 24.3 Å². The van der Waals surface area contributed by atoms with Gasteiger partial charge in [-0.15, -0.1) is 0 Å². The Hall–Kier alpha value is -2.60. The van der Waals surface area contributed by atoms with Gasteiger partial charge in [-0.1, -0.05) is 23.7 Å². The highest BCUT2D eigenvalue weighted by atomic mass is 35.5. The number of carbonyl (C=O) groups is 2. The van der Waals surface area contributed by atoms with Crippen LogP contribution in [0.15, 0.2) is 42.5 Å². The van der Waals surface area contributed by atoms with Crippen molar-refractivity contribution in [1.29, 1.82) is 0 Å². The third-order valence-electron chi connectivity index (χ3n) is 2.98. The van der Waals surface area contributed by atoms with E-state index in [9.17, 15) is 14.0 Å². The van der Waals surface area contributed by atoms with Gasteiger partial charge in [0.25, 0.3) is 0 Å². The summed E-state index contributed by atoms with van der Waals surface area (Å²) < 4.78 is 17.6. The van der Waals surface area contributed by atoms with Gasteiger partial charge in [-0.2, -0.15) is 0 Å². The van der Waals surface area contributed by atoms with E-state index >= 15 is 0 Å². The topological polar surface area (TPSA) is 67.4 Å². The van der Waals surface area contributed by atoms with Gasteiger partial charge in [0.2, 0.25) is 5.91 Å². The molecule has 7 heteroatoms. The Balaban J connectivity index is 2.01. The lowest BCUT2D eigenvalue weighted by Crippen LogP contribution is -2.23. The second-order valence-electron chi connectivity index (χ2n) is 4.56. The third kappa shape index (κ3) is 4.43. The predicted octanol–water partition coefficient (Wildman–Crippen LogP) is 3.32. The van der Waals surface area contributed by atoms with Crippen molar-refractivity contribution in [2.24, 2.45) is 0 Å². The van der Waals surface area contributed by atoms with Crippen LogP contribution < -0.4 is 10.6 Å². The summed E-state index contributed by atoms with van der Waals surface area (Å²) in [5.41, 5.74) is 1.10. The molecule has 0 aliphatic heterocycles. The molecule has 23 heavy (non-hydrogen) atoms. The Morgan fingerprint density at radius 2 is 1.91 bits per heavy atom. The van der Waals surface area contributed by atoms with E-state index in [1.807, 2.05) is 0 Å². The number of hydrogen-bond acceptors (Lipinski definition) is 4. The molecular weight excluding hydrogens is 323 g/mol. The second-order valence-corrected chi connectivity index (χ2v) is 4.97. The van der Waals surface area contributed by atoms with Crippen molar-refractivity contribution >= 4 is 34.9 Å². The molecule has 120 valence electrons. The molecule has 0 saturated heterocycles. The molecule has 0 heterocycles. The Kier molecular flexibility index (Phi) is 5.54. The number of para-hydroxylation sites is 1. The summed E-state index contributed by atoms with van der Waals surface area (Å²) in [6.45, 7) is -0.0955. The van der Waals surface area contributed by atoms with Crippen molar-refractivity contribution in [3.05, 3.63) is 58.9 Å². The van der Waals surface area contributed by atoms with Crippen molar-refractivity contribution in [2.45, 2.75) is 0 Å². The highest BCUT2D eigenvalue weighted by molar-refractivity contribution is 6.33. The maximum atomic E-state index is 13.0. The standard InChI is InChI=1S/C16H14ClFN2O3/c1-23-16(22)11-4-2-3-5-13(11)19-9-15(21)20-14-7-6-10(18)8-12(14)17/h2-8,19H,9H2,1H3,(H,20,21). The molecule has 2 aromatic carbocycles. The number of ether oxygens (including phenoxy) is 1. The molecule has 5 nitrogen and oxygen atoms in total. The SMILES string of the molecule is COC(=O)c1ccccc1NCC(=O)Nc1ccc(F)cc1Cl. The quantitative estimate of drug-likeness (QED) is 0.822. The molecule has 0 saturated carbocycles. The molecule has 0 aromatic heterocycles. The monoisotopic (exact) mass is 336 g/mol. The van der Waals surface area contributed by atoms with Crippen molar-refractivity contribution in [3.63, 3.8) is 0 Å². The van der Waals surface area contributed by atoms with Gasteiger partial charge < -0.3 is 15.4 Å². The Morgan fingerprint density at radius 1 is 1.17 bits per heavy atom. The fourth-order valence-corrected chi connectivity index (χ4v) is 2.10. The molecule has 0 aliphatic rings. The van der Waals surface area contributed by atoms with Gasteiger partial charge in [0.05, 0.1) is 29.9 Å². The van der Waals surface area contributed by atoms with Crippen molar-refractivity contribution in [1.82, 2.24) is 0 Å². The first kappa shape index (κ1) is 16.8. The summed E-state index contributed by atoms with van der Waals surface area (Å²) in [6, 6.07) is 10.3. The molecule has 0 bridgehead atoms. The number of rotatable bonds is 5. The normalized spacial score (nSPS) is 10.0. The van der Waals surface area contributed by atoms with Crippen LogP contribution in [0.25, 0.3) is 0 Å². The maximum absolute atomic E-state index is 13.0. The molecule has 0 unspecified atom stereocenters. The van der Waals surface area contributed by atoms with Gasteiger partial charge in [-0.3, -0.25) is 4.79 Å². The van der Waals surface area contributed by atoms with Crippen molar-refractivity contribution in [3.8, 4) is 0 Å². The van der Waals surface area contributed by atoms with E-state index in [-0.39, 0.29) is 11.6 Å². The molecule has 2 aromatic rings. The summed E-state index contributed by atoms with van der Waals surface area (Å²) in [5, 5.41) is 5.51. The number of halogens is 2. The largest absolute Gasteiger partial charge is 0.465 e. The number of methoxy groups -OCH3 is 1. The smallest absolute Gasteiger partial charge is 0.339 e. The molecule has 0 radical (unpaired) electrons. The van der Waals surface area contributed by atoms with Gasteiger partial charge in [-0.25, -0.2) is 9.18 Å². The minimum atomic E-state index is -0.505. The average molecular weight is 337 g/mol. The molecule has 0 spiro atoms. The number of amides is 1. The fraction of sp³-hybridized carbons (Fsp3) is 0.125. The van der Waals surface area contributed by atoms with Crippen LogP contribution in [-0.2, 0) is 9.53 Å². The number of anilines is 2. The lowest BCUT2D eigenvalue weighted by Gasteiger charge is -2.11. The molecule has 0 aliphatic carbocycles. The Labute approximate surface area is 137 Å². The first-order chi connectivity index (χ1) is 11.0. The van der Waals surface area contributed by atoms with Crippen LogP contribution in [0.4, 0.5) is 15.8 Å². The average Bonchev–Trinajstić information content (AvgIpc) is 2.55. The van der Waals surface area contributed by atoms with E-state index in [2.05, 4.69) is 15.4 Å². The van der Waals surface area contributed by atoms with Crippen LogP contribution in [0, 0.1) is 5.82 Å². The zero-order valence-electron chi connectivity index (χ0n) is 12.2. The van der Waals surface area contributed by atoms with Gasteiger partial charge >= 0.3 is 5.97 Å². The van der Waals surface area contributed by atoms with Crippen LogP contribution in [0.5, 0.6) is 0 Å². The lowest BCUT2D eigenvalue weighted by molar-refractivity contribution is -0.114. The Morgan fingerprint density at radius 3 is 2.61 bits per heavy atom. The molecule has 1 amide bonds. The molecule has 0 fully saturated rings. The van der Waals surface area contributed by atoms with Crippen LogP contribution >= 0.6 is 11.6 Å². The van der Waals surface area contributed by atoms with Gasteiger partial charge in [-0.05, 0) is 30.3 Å². The van der Waals surface area contributed by atoms with Gasteiger partial charge in [0, 0.05) is 5.69 Å². The van der Waals surface area contributed by atoms with Crippen molar-refractivity contribution < 1.29 is 18.7 Å². The van der Waals surface area contributed by atoms with Crippen LogP contribution in [-0.4, -0.2) is 25.5 Å². The lowest BCUT2D eigenvalue weighted by atomic mass is 10.2. The third-order valence-corrected chi connectivity index (χ3v) is 3.29. The van der Waals surface area contributed by atoms with Crippen LogP contribution in [0.3, 0.4) is 0 Å². The highest BCUT2D eigenvalue weighted by Crippen LogP contribution is 2.22. The summed E-state index contributed by atoms with van der Waals surface area (Å²) in [7, 11) is 1.28. The zero-order valence-corrected chi connectivity index (χ0v) is 13.0. The molecule has 2 rings (SSSR count). The van der Waals surface area contributed by atoms with E-state index in [4.69, 9.17) is 11.6 Å². The molecular formula is C16H14ClFN2O3. The van der Waals surface area contributed by atoms with Gasteiger partial charge in [0.1, 0.15) is 5.82 Å². The second kappa shape index (κ2) is 7.60. The fourth-order valence-electron chi connectivity index (χ4n) is 1.89. The first-order valence-corrected chi connectivity index (χ1v) is 7.05. The number of carbonyl (C=O) groups excluding carboxylic acids is 2. The van der Waals surface area contributed by atoms with Crippen LogP contribution in [0.2, 0.25) is 5.02 Å². The summed E-state index contributed by atoms with van der Waals surface area (Å²) in [5.74, 6) is -1.38. The van der Waals surface area contributed by atoms with E-state index in [0.29, 0.717) is 16.9 Å². The minimum absolute atomic E-state index is 0.0955. The minimum Gasteiger partial charge on any atom is -0.465 e. The predicted molar refractivity (Wildman–Crippen MR) is 86.3 cm³/mol. The van der Waals surface area contributed by atoms with Gasteiger partial charge in [0.15, 0.2) is 0 Å². The van der Waals surface area contributed by atoms with Crippen LogP contribution in [0.1, 0.15) is 10.4 Å². The highest BCUT2D eigenvalue weighted by Gasteiger charge is 2.12. The molecule has 0 atom stereocenters. The zero-order chi connectivity index (χ0) is 16.8. The first-order valence-electron chi connectivity index (χ1n) is 6.67. The summed E-state index contributed by atoms with van der Waals surface area (Å²) >= 11 is 5.84. The number of hydrogen-bond donors (Lipinski definition) is 2. The summed E-state index contributed by atoms with van der Waals surface area (Å²) in [4.78, 5) is 23.6. The van der Waals surface area contributed by atoms with E-state index < -0.39 is 17.7 Å². The maximum Gasteiger partial charge on any atom is 0.339 e. The van der Waals surface area contributed by atoms with Crippen molar-refractivity contribution in [2.75, 3.05) is 24.3 Å².